The zero-order valence-electron chi connectivity index (χ0n) is 16.1. The van der Waals surface area contributed by atoms with Crippen molar-refractivity contribution in [1.29, 1.82) is 0 Å². The Morgan fingerprint density at radius 3 is 2.56 bits per heavy atom. The van der Waals surface area contributed by atoms with E-state index in [0.717, 1.165) is 28.4 Å². The molecule has 0 spiro atoms. The van der Waals surface area contributed by atoms with Crippen molar-refractivity contribution >= 4 is 5.82 Å². The van der Waals surface area contributed by atoms with Gasteiger partial charge in [0.1, 0.15) is 24.0 Å². The molecule has 0 amide bonds. The van der Waals surface area contributed by atoms with Gasteiger partial charge in [0.05, 0.1) is 6.54 Å². The number of H-pyrrole nitrogens is 1. The zero-order chi connectivity index (χ0) is 19.4. The molecular weight excluding hydrogens is 340 g/mol. The molecule has 0 aliphatic carbocycles. The second-order valence-electron chi connectivity index (χ2n) is 6.57. The van der Waals surface area contributed by atoms with Crippen LogP contribution < -0.4 is 15.2 Å². The summed E-state index contributed by atoms with van der Waals surface area (Å²) in [4.78, 5) is 25.7. The molecule has 0 aliphatic heterocycles. The quantitative estimate of drug-likeness (QED) is 0.727. The minimum atomic E-state index is -0.118. The molecule has 27 heavy (non-hydrogen) atoms. The lowest BCUT2D eigenvalue weighted by Crippen LogP contribution is -2.24. The lowest BCUT2D eigenvalue weighted by atomic mass is 10.2. The van der Waals surface area contributed by atoms with Crippen LogP contribution in [0.2, 0.25) is 0 Å². The maximum absolute atomic E-state index is 11.9. The molecule has 0 bridgehead atoms. The van der Waals surface area contributed by atoms with Gasteiger partial charge < -0.3 is 14.6 Å². The first-order valence-electron chi connectivity index (χ1n) is 8.89. The number of hydrogen-bond acceptors (Lipinski definition) is 5. The van der Waals surface area contributed by atoms with Crippen LogP contribution in [-0.4, -0.2) is 35.2 Å². The lowest BCUT2D eigenvalue weighted by molar-refractivity contribution is 0.323. The SMILES string of the molecule is Cc1ccccc1OCCN(C)c1ccc(-c2nc(C)c(C)c(=O)[nH]2)cn1. The fourth-order valence-electron chi connectivity index (χ4n) is 2.66. The molecule has 0 saturated heterocycles. The molecule has 1 N–H and O–H groups in total. The number of likely N-dealkylation sites (N-methyl/N-ethyl adjacent to an activating group) is 1. The van der Waals surface area contributed by atoms with Gasteiger partial charge in [-0.25, -0.2) is 9.97 Å². The van der Waals surface area contributed by atoms with Crippen molar-refractivity contribution in [3.05, 3.63) is 69.8 Å². The highest BCUT2D eigenvalue weighted by atomic mass is 16.5. The van der Waals surface area contributed by atoms with Gasteiger partial charge in [0.2, 0.25) is 0 Å². The number of nitrogens with one attached hydrogen (secondary N) is 1. The van der Waals surface area contributed by atoms with Gasteiger partial charge in [0.25, 0.3) is 5.56 Å². The molecule has 2 aromatic heterocycles. The molecule has 3 rings (SSSR count). The molecule has 0 radical (unpaired) electrons. The molecule has 0 saturated carbocycles. The highest BCUT2D eigenvalue weighted by molar-refractivity contribution is 5.56. The van der Waals surface area contributed by atoms with E-state index < -0.39 is 0 Å². The Morgan fingerprint density at radius 2 is 1.89 bits per heavy atom. The number of nitrogens with zero attached hydrogens (tertiary/aromatic N) is 3. The van der Waals surface area contributed by atoms with Crippen molar-refractivity contribution in [2.45, 2.75) is 20.8 Å². The summed E-state index contributed by atoms with van der Waals surface area (Å²) in [5.74, 6) is 2.27. The number of aromatic amines is 1. The van der Waals surface area contributed by atoms with Gasteiger partial charge >= 0.3 is 0 Å². The maximum Gasteiger partial charge on any atom is 0.254 e. The van der Waals surface area contributed by atoms with E-state index in [4.69, 9.17) is 4.74 Å². The monoisotopic (exact) mass is 364 g/mol. The van der Waals surface area contributed by atoms with Crippen LogP contribution in [0.5, 0.6) is 5.75 Å². The van der Waals surface area contributed by atoms with E-state index in [1.807, 2.05) is 62.2 Å². The van der Waals surface area contributed by atoms with Crippen molar-refractivity contribution in [3.63, 3.8) is 0 Å². The summed E-state index contributed by atoms with van der Waals surface area (Å²) in [6, 6.07) is 11.8. The van der Waals surface area contributed by atoms with Gasteiger partial charge in [0.15, 0.2) is 0 Å². The summed E-state index contributed by atoms with van der Waals surface area (Å²) in [5, 5.41) is 0. The van der Waals surface area contributed by atoms with Crippen LogP contribution in [0.25, 0.3) is 11.4 Å². The number of pyridine rings is 1. The molecule has 2 heterocycles. The number of ether oxygens (including phenoxy) is 1. The highest BCUT2D eigenvalue weighted by Gasteiger charge is 2.08. The van der Waals surface area contributed by atoms with Crippen molar-refractivity contribution in [2.24, 2.45) is 0 Å². The standard InChI is InChI=1S/C21H24N4O2/c1-14-7-5-6-8-18(14)27-12-11-25(4)19-10-9-17(13-22-19)20-23-16(3)15(2)21(26)24-20/h5-10,13H,11-12H2,1-4H3,(H,23,24,26). The fraction of sp³-hybridized carbons (Fsp3) is 0.286. The topological polar surface area (TPSA) is 71.1 Å². The minimum Gasteiger partial charge on any atom is -0.491 e. The van der Waals surface area contributed by atoms with E-state index in [9.17, 15) is 4.79 Å². The molecule has 0 aliphatic rings. The Kier molecular flexibility index (Phi) is 5.54. The van der Waals surface area contributed by atoms with Gasteiger partial charge in [-0.3, -0.25) is 4.79 Å². The third-order valence-electron chi connectivity index (χ3n) is 4.58. The van der Waals surface area contributed by atoms with Crippen molar-refractivity contribution in [2.75, 3.05) is 25.1 Å². The molecule has 140 valence electrons. The molecule has 0 unspecified atom stereocenters. The highest BCUT2D eigenvalue weighted by Crippen LogP contribution is 2.18. The van der Waals surface area contributed by atoms with E-state index >= 15 is 0 Å². The lowest BCUT2D eigenvalue weighted by Gasteiger charge is -2.19. The Balaban J connectivity index is 1.64. The number of benzene rings is 1. The molecule has 0 atom stereocenters. The average molecular weight is 364 g/mol. The van der Waals surface area contributed by atoms with Crippen molar-refractivity contribution in [3.8, 4) is 17.1 Å². The van der Waals surface area contributed by atoms with Gasteiger partial charge in [-0.2, -0.15) is 0 Å². The summed E-state index contributed by atoms with van der Waals surface area (Å²) < 4.78 is 5.84. The first-order valence-corrected chi connectivity index (χ1v) is 8.89. The maximum atomic E-state index is 11.9. The summed E-state index contributed by atoms with van der Waals surface area (Å²) in [7, 11) is 1.97. The molecular formula is C21H24N4O2. The van der Waals surface area contributed by atoms with Gasteiger partial charge in [-0.1, -0.05) is 18.2 Å². The molecule has 1 aromatic carbocycles. The van der Waals surface area contributed by atoms with E-state index in [-0.39, 0.29) is 5.56 Å². The number of para-hydroxylation sites is 1. The van der Waals surface area contributed by atoms with E-state index in [2.05, 4.69) is 15.0 Å². The predicted molar refractivity (Wildman–Crippen MR) is 108 cm³/mol. The Morgan fingerprint density at radius 1 is 1.11 bits per heavy atom. The third-order valence-corrected chi connectivity index (χ3v) is 4.58. The number of anilines is 1. The van der Waals surface area contributed by atoms with Crippen LogP contribution in [-0.2, 0) is 0 Å². The Hall–Kier alpha value is -3.15. The van der Waals surface area contributed by atoms with Crippen LogP contribution in [0, 0.1) is 20.8 Å². The first kappa shape index (κ1) is 18.6. The van der Waals surface area contributed by atoms with Crippen LogP contribution in [0.3, 0.4) is 0 Å². The second kappa shape index (κ2) is 8.03. The summed E-state index contributed by atoms with van der Waals surface area (Å²) in [6.45, 7) is 6.90. The van der Waals surface area contributed by atoms with E-state index in [1.165, 1.54) is 0 Å². The van der Waals surface area contributed by atoms with Gasteiger partial charge in [-0.05, 0) is 44.5 Å². The van der Waals surface area contributed by atoms with Gasteiger partial charge in [0, 0.05) is 30.1 Å². The van der Waals surface area contributed by atoms with Crippen molar-refractivity contribution < 1.29 is 4.74 Å². The molecule has 6 heteroatoms. The van der Waals surface area contributed by atoms with E-state index in [0.29, 0.717) is 24.5 Å². The Bertz CT molecular complexity index is 980. The largest absolute Gasteiger partial charge is 0.491 e. The number of rotatable bonds is 6. The van der Waals surface area contributed by atoms with Crippen LogP contribution >= 0.6 is 0 Å². The Labute approximate surface area is 158 Å². The summed E-state index contributed by atoms with van der Waals surface area (Å²) in [6.07, 6.45) is 1.72. The normalized spacial score (nSPS) is 10.7. The van der Waals surface area contributed by atoms with Gasteiger partial charge in [-0.15, -0.1) is 0 Å². The predicted octanol–water partition coefficient (Wildman–Crippen LogP) is 3.27. The minimum absolute atomic E-state index is 0.118. The third kappa shape index (κ3) is 4.34. The summed E-state index contributed by atoms with van der Waals surface area (Å²) in [5.41, 5.74) is 3.15. The van der Waals surface area contributed by atoms with Crippen LogP contribution in [0.4, 0.5) is 5.82 Å². The average Bonchev–Trinajstić information content (AvgIpc) is 2.67. The fourth-order valence-corrected chi connectivity index (χ4v) is 2.66. The number of aryl methyl sites for hydroxylation is 2. The number of hydrogen-bond donors (Lipinski definition) is 1. The first-order chi connectivity index (χ1) is 13.0. The smallest absolute Gasteiger partial charge is 0.254 e. The zero-order valence-corrected chi connectivity index (χ0v) is 16.1. The number of aromatic nitrogens is 3. The molecule has 6 nitrogen and oxygen atoms in total. The molecule has 3 aromatic rings. The van der Waals surface area contributed by atoms with E-state index in [1.54, 1.807) is 13.1 Å². The van der Waals surface area contributed by atoms with Crippen LogP contribution in [0.1, 0.15) is 16.8 Å². The van der Waals surface area contributed by atoms with Crippen LogP contribution in [0.15, 0.2) is 47.4 Å². The second-order valence-corrected chi connectivity index (χ2v) is 6.57. The van der Waals surface area contributed by atoms with Crippen molar-refractivity contribution in [1.82, 2.24) is 15.0 Å². The molecule has 0 fully saturated rings. The summed E-state index contributed by atoms with van der Waals surface area (Å²) >= 11 is 0.